The summed E-state index contributed by atoms with van der Waals surface area (Å²) in [4.78, 5) is 27.9. The number of hydrogen-bond donors (Lipinski definition) is 2. The number of thiophene rings is 1. The van der Waals surface area contributed by atoms with Crippen LogP contribution in [0.5, 0.6) is 0 Å². The number of hydrogen-bond acceptors (Lipinski definition) is 5. The van der Waals surface area contributed by atoms with Gasteiger partial charge in [0.05, 0.1) is 11.1 Å². The van der Waals surface area contributed by atoms with Crippen molar-refractivity contribution in [3.8, 4) is 0 Å². The van der Waals surface area contributed by atoms with Gasteiger partial charge in [0.1, 0.15) is 4.21 Å². The van der Waals surface area contributed by atoms with Gasteiger partial charge >= 0.3 is 5.97 Å². The minimum absolute atomic E-state index is 0.00570. The van der Waals surface area contributed by atoms with Crippen molar-refractivity contribution in [2.24, 2.45) is 0 Å². The number of carbonyl (C=O) groups excluding carboxylic acids is 1. The van der Waals surface area contributed by atoms with E-state index in [0.29, 0.717) is 18.7 Å². The molecule has 0 spiro atoms. The van der Waals surface area contributed by atoms with Crippen LogP contribution in [0.4, 0.5) is 0 Å². The number of H-pyrrole nitrogens is 1. The summed E-state index contributed by atoms with van der Waals surface area (Å²) < 4.78 is 26.5. The molecule has 0 aromatic carbocycles. The summed E-state index contributed by atoms with van der Waals surface area (Å²) in [6, 6.07) is 1.17. The van der Waals surface area contributed by atoms with E-state index in [2.05, 4.69) is 4.98 Å². The zero-order valence-corrected chi connectivity index (χ0v) is 15.1. The fourth-order valence-electron chi connectivity index (χ4n) is 2.67. The number of aryl methyl sites for hydroxylation is 1. The van der Waals surface area contributed by atoms with E-state index >= 15 is 0 Å². The van der Waals surface area contributed by atoms with E-state index < -0.39 is 16.0 Å². The van der Waals surface area contributed by atoms with E-state index in [-0.39, 0.29) is 28.8 Å². The molecular weight excluding hydrogens is 366 g/mol. The summed E-state index contributed by atoms with van der Waals surface area (Å²) in [5.41, 5.74) is 1.39. The molecular formula is C15H17N3O5S2. The number of carboxylic acid groups (broad SMARTS) is 1. The van der Waals surface area contributed by atoms with Crippen LogP contribution in [0.3, 0.4) is 0 Å². The van der Waals surface area contributed by atoms with Gasteiger partial charge in [-0.15, -0.1) is 11.3 Å². The minimum Gasteiger partial charge on any atom is -0.478 e. The van der Waals surface area contributed by atoms with Gasteiger partial charge in [-0.1, -0.05) is 0 Å². The molecule has 2 aromatic rings. The molecule has 2 aromatic heterocycles. The molecule has 0 atom stereocenters. The first-order chi connectivity index (χ1) is 11.8. The van der Waals surface area contributed by atoms with Gasteiger partial charge in [-0.25, -0.2) is 13.2 Å². The minimum atomic E-state index is -3.74. The number of aromatic nitrogens is 1. The molecule has 0 saturated carbocycles. The second-order valence-corrected chi connectivity index (χ2v) is 8.78. The quantitative estimate of drug-likeness (QED) is 0.825. The number of amides is 1. The molecule has 134 valence electrons. The van der Waals surface area contributed by atoms with E-state index in [9.17, 15) is 18.0 Å². The Balaban J connectivity index is 1.70. The molecule has 1 fully saturated rings. The fraction of sp³-hybridized carbons (Fsp3) is 0.333. The Bertz CT molecular complexity index is 907. The Morgan fingerprint density at radius 3 is 2.40 bits per heavy atom. The Kier molecular flexibility index (Phi) is 4.67. The van der Waals surface area contributed by atoms with Crippen molar-refractivity contribution >= 4 is 33.2 Å². The van der Waals surface area contributed by atoms with E-state index in [0.717, 1.165) is 16.9 Å². The molecule has 1 amide bonds. The van der Waals surface area contributed by atoms with Crippen molar-refractivity contribution in [3.05, 3.63) is 40.5 Å². The molecule has 1 aliphatic rings. The van der Waals surface area contributed by atoms with Gasteiger partial charge < -0.3 is 15.0 Å². The monoisotopic (exact) mass is 383 g/mol. The van der Waals surface area contributed by atoms with Crippen LogP contribution < -0.4 is 0 Å². The first kappa shape index (κ1) is 17.6. The number of aromatic carboxylic acids is 1. The van der Waals surface area contributed by atoms with Gasteiger partial charge in [0, 0.05) is 44.0 Å². The fourth-order valence-corrected chi connectivity index (χ4v) is 5.39. The average Bonchev–Trinajstić information content (AvgIpc) is 3.23. The second-order valence-electron chi connectivity index (χ2n) is 5.71. The SMILES string of the molecule is Cc1c[nH]cc1C(=O)N1CCN(S(=O)(=O)c2cc(C(=O)O)cs2)CC1. The maximum Gasteiger partial charge on any atom is 0.336 e. The van der Waals surface area contributed by atoms with E-state index in [1.54, 1.807) is 17.3 Å². The summed E-state index contributed by atoms with van der Waals surface area (Å²) >= 11 is 0.890. The highest BCUT2D eigenvalue weighted by Gasteiger charge is 2.32. The van der Waals surface area contributed by atoms with Crippen LogP contribution in [-0.4, -0.2) is 65.8 Å². The lowest BCUT2D eigenvalue weighted by atomic mass is 10.2. The number of nitrogens with one attached hydrogen (secondary N) is 1. The lowest BCUT2D eigenvalue weighted by Gasteiger charge is -2.33. The van der Waals surface area contributed by atoms with Crippen molar-refractivity contribution in [3.63, 3.8) is 0 Å². The lowest BCUT2D eigenvalue weighted by molar-refractivity contribution is 0.0688. The first-order valence-corrected chi connectivity index (χ1v) is 9.87. The van der Waals surface area contributed by atoms with Crippen molar-refractivity contribution in [1.82, 2.24) is 14.2 Å². The Morgan fingerprint density at radius 2 is 1.88 bits per heavy atom. The highest BCUT2D eigenvalue weighted by Crippen LogP contribution is 2.25. The summed E-state index contributed by atoms with van der Waals surface area (Å²) in [6.45, 7) is 2.77. The highest BCUT2D eigenvalue weighted by molar-refractivity contribution is 7.91. The van der Waals surface area contributed by atoms with Gasteiger partial charge in [-0.3, -0.25) is 4.79 Å². The summed E-state index contributed by atoms with van der Waals surface area (Å²) in [5.74, 6) is -1.28. The predicted molar refractivity (Wildman–Crippen MR) is 91.5 cm³/mol. The maximum absolute atomic E-state index is 12.6. The topological polar surface area (TPSA) is 111 Å². The molecule has 1 saturated heterocycles. The molecule has 0 radical (unpaired) electrons. The lowest BCUT2D eigenvalue weighted by Crippen LogP contribution is -2.50. The number of rotatable bonds is 4. The predicted octanol–water partition coefficient (Wildman–Crippen LogP) is 1.23. The van der Waals surface area contributed by atoms with Gasteiger partial charge in [0.2, 0.25) is 0 Å². The van der Waals surface area contributed by atoms with Gasteiger partial charge in [-0.05, 0) is 18.6 Å². The van der Waals surface area contributed by atoms with Crippen LogP contribution in [-0.2, 0) is 10.0 Å². The molecule has 3 heterocycles. The maximum atomic E-state index is 12.6. The van der Waals surface area contributed by atoms with E-state index in [1.807, 2.05) is 6.92 Å². The first-order valence-electron chi connectivity index (χ1n) is 7.55. The number of aromatic amines is 1. The number of carboxylic acids is 1. The van der Waals surface area contributed by atoms with Crippen LogP contribution in [0.1, 0.15) is 26.3 Å². The van der Waals surface area contributed by atoms with Crippen LogP contribution in [0.15, 0.2) is 28.0 Å². The smallest absolute Gasteiger partial charge is 0.336 e. The van der Waals surface area contributed by atoms with E-state index in [1.165, 1.54) is 15.8 Å². The van der Waals surface area contributed by atoms with Crippen molar-refractivity contribution in [2.75, 3.05) is 26.2 Å². The van der Waals surface area contributed by atoms with Crippen LogP contribution >= 0.6 is 11.3 Å². The molecule has 0 bridgehead atoms. The zero-order chi connectivity index (χ0) is 18.2. The highest BCUT2D eigenvalue weighted by atomic mass is 32.2. The molecule has 2 N–H and O–H groups in total. The Hall–Kier alpha value is -2.17. The second kappa shape index (κ2) is 6.62. The number of sulfonamides is 1. The normalized spacial score (nSPS) is 16.1. The van der Waals surface area contributed by atoms with Crippen LogP contribution in [0.2, 0.25) is 0 Å². The standard InChI is InChI=1S/C15H17N3O5S2/c1-10-7-16-8-12(10)14(19)17-2-4-18(5-3-17)25(22,23)13-6-11(9-24-13)15(20)21/h6-9,16H,2-5H2,1H3,(H,20,21). The van der Waals surface area contributed by atoms with Crippen molar-refractivity contribution < 1.29 is 23.1 Å². The van der Waals surface area contributed by atoms with Gasteiger partial charge in [0.15, 0.2) is 0 Å². The largest absolute Gasteiger partial charge is 0.478 e. The molecule has 10 heteroatoms. The molecule has 3 rings (SSSR count). The van der Waals surface area contributed by atoms with Crippen LogP contribution in [0, 0.1) is 6.92 Å². The molecule has 1 aliphatic heterocycles. The molecule has 0 unspecified atom stereocenters. The molecule has 8 nitrogen and oxygen atoms in total. The summed E-state index contributed by atoms with van der Waals surface area (Å²) in [6.07, 6.45) is 3.38. The van der Waals surface area contributed by atoms with Crippen molar-refractivity contribution in [2.45, 2.75) is 11.1 Å². The molecule has 25 heavy (non-hydrogen) atoms. The summed E-state index contributed by atoms with van der Waals surface area (Å²) in [5, 5.41) is 10.2. The van der Waals surface area contributed by atoms with Gasteiger partial charge in [0.25, 0.3) is 15.9 Å². The van der Waals surface area contributed by atoms with Gasteiger partial charge in [-0.2, -0.15) is 4.31 Å². The zero-order valence-electron chi connectivity index (χ0n) is 13.4. The Morgan fingerprint density at radius 1 is 1.20 bits per heavy atom. The number of carbonyl (C=O) groups is 2. The number of nitrogens with zero attached hydrogens (tertiary/aromatic N) is 2. The number of piperazine rings is 1. The van der Waals surface area contributed by atoms with Crippen molar-refractivity contribution in [1.29, 1.82) is 0 Å². The van der Waals surface area contributed by atoms with E-state index in [4.69, 9.17) is 5.11 Å². The third-order valence-corrected chi connectivity index (χ3v) is 7.44. The Labute approximate surface area is 148 Å². The third-order valence-electron chi connectivity index (χ3n) is 4.13. The van der Waals surface area contributed by atoms with Crippen LogP contribution in [0.25, 0.3) is 0 Å². The summed E-state index contributed by atoms with van der Waals surface area (Å²) in [7, 11) is -3.74. The average molecular weight is 383 g/mol. The third kappa shape index (κ3) is 3.32. The molecule has 0 aliphatic carbocycles.